The topological polar surface area (TPSA) is 65.9 Å². The molecule has 172 valence electrons. The van der Waals surface area contributed by atoms with E-state index in [0.29, 0.717) is 6.61 Å². The fourth-order valence-corrected chi connectivity index (χ4v) is 5.19. The van der Waals surface area contributed by atoms with Crippen molar-refractivity contribution in [2.24, 2.45) is 11.8 Å². The molecule has 1 aliphatic carbocycles. The molecule has 6 nitrogen and oxygen atoms in total. The minimum absolute atomic E-state index is 0.0821. The number of carbonyl (C=O) groups is 1. The van der Waals surface area contributed by atoms with E-state index in [2.05, 4.69) is 29.9 Å². The molecule has 4 rings (SSSR count). The number of carbonyl (C=O) groups excluding carboxylic acids is 1. The highest BCUT2D eigenvalue weighted by molar-refractivity contribution is 5.79. The molecule has 2 aliphatic rings. The van der Waals surface area contributed by atoms with Crippen LogP contribution in [-0.2, 0) is 17.8 Å². The summed E-state index contributed by atoms with van der Waals surface area (Å²) in [7, 11) is 2.09. The van der Waals surface area contributed by atoms with Crippen LogP contribution in [0.1, 0.15) is 47.3 Å². The fraction of sp³-hybridized carbons (Fsp3) is 0.538. The molecule has 0 bridgehead atoms. The number of likely N-dealkylation sites (N-methyl/N-ethyl adjacent to an activating group) is 1. The van der Waals surface area contributed by atoms with Crippen LogP contribution in [0.2, 0.25) is 0 Å². The van der Waals surface area contributed by atoms with Crippen LogP contribution in [0.15, 0.2) is 30.6 Å². The van der Waals surface area contributed by atoms with Gasteiger partial charge in [0.15, 0.2) is 0 Å². The number of aromatic nitrogens is 1. The maximum Gasteiger partial charge on any atom is 0.225 e. The van der Waals surface area contributed by atoms with E-state index in [1.165, 1.54) is 5.56 Å². The van der Waals surface area contributed by atoms with Crippen LogP contribution in [0.5, 0.6) is 5.75 Å². The molecule has 2 heterocycles. The highest BCUT2D eigenvalue weighted by Crippen LogP contribution is 2.44. The van der Waals surface area contributed by atoms with Crippen LogP contribution in [0, 0.1) is 25.7 Å². The Morgan fingerprint density at radius 1 is 1.28 bits per heavy atom. The number of rotatable bonds is 5. The van der Waals surface area contributed by atoms with Gasteiger partial charge in [0.2, 0.25) is 5.91 Å². The van der Waals surface area contributed by atoms with Gasteiger partial charge >= 0.3 is 0 Å². The third-order valence-electron chi connectivity index (χ3n) is 7.32. The number of amides is 1. The summed E-state index contributed by atoms with van der Waals surface area (Å²) in [5.74, 6) is 0.675. The molecule has 6 heteroatoms. The summed E-state index contributed by atoms with van der Waals surface area (Å²) < 4.78 is 6.14. The Labute approximate surface area is 191 Å². The van der Waals surface area contributed by atoms with Crippen LogP contribution in [0.3, 0.4) is 0 Å². The summed E-state index contributed by atoms with van der Waals surface area (Å²) in [4.78, 5) is 21.6. The van der Waals surface area contributed by atoms with Crippen molar-refractivity contribution >= 4 is 5.91 Å². The quantitative estimate of drug-likeness (QED) is 0.778. The average molecular weight is 438 g/mol. The number of benzene rings is 1. The summed E-state index contributed by atoms with van der Waals surface area (Å²) in [6, 6.07) is 5.97. The molecular formula is C26H35N3O3. The Kier molecular flexibility index (Phi) is 6.82. The van der Waals surface area contributed by atoms with E-state index < -0.39 is 6.10 Å². The number of aryl methyl sites for hydroxylation is 1. The van der Waals surface area contributed by atoms with E-state index in [4.69, 9.17) is 4.74 Å². The zero-order valence-corrected chi connectivity index (χ0v) is 19.7. The van der Waals surface area contributed by atoms with E-state index in [-0.39, 0.29) is 17.7 Å². The zero-order chi connectivity index (χ0) is 22.8. The number of aliphatic hydroxyl groups excluding tert-OH is 1. The SMILES string of the molecule is Cc1cc(OCc2cccnc2)c(C)c2c1CC[C@H]([C@H](C)C(=O)N1CCN(C)CC1)[C@H]2O. The Morgan fingerprint density at radius 3 is 2.72 bits per heavy atom. The molecule has 2 aromatic rings. The summed E-state index contributed by atoms with van der Waals surface area (Å²) in [6.45, 7) is 9.88. The second-order valence-corrected chi connectivity index (χ2v) is 9.42. The third-order valence-corrected chi connectivity index (χ3v) is 7.32. The highest BCUT2D eigenvalue weighted by Gasteiger charge is 2.38. The number of aliphatic hydroxyl groups is 1. The van der Waals surface area contributed by atoms with E-state index in [9.17, 15) is 9.90 Å². The van der Waals surface area contributed by atoms with Crippen molar-refractivity contribution in [2.75, 3.05) is 33.2 Å². The lowest BCUT2D eigenvalue weighted by Crippen LogP contribution is -2.50. The molecule has 1 saturated heterocycles. The first-order valence-corrected chi connectivity index (χ1v) is 11.7. The lowest BCUT2D eigenvalue weighted by Gasteiger charge is -2.39. The van der Waals surface area contributed by atoms with Gasteiger partial charge in [-0.1, -0.05) is 13.0 Å². The van der Waals surface area contributed by atoms with Crippen molar-refractivity contribution in [3.8, 4) is 5.75 Å². The van der Waals surface area contributed by atoms with Crippen molar-refractivity contribution < 1.29 is 14.6 Å². The molecule has 1 amide bonds. The number of hydrogen-bond donors (Lipinski definition) is 1. The lowest BCUT2D eigenvalue weighted by molar-refractivity contribution is -0.140. The van der Waals surface area contributed by atoms with Crippen molar-refractivity contribution in [3.63, 3.8) is 0 Å². The maximum absolute atomic E-state index is 13.2. The summed E-state index contributed by atoms with van der Waals surface area (Å²) >= 11 is 0. The number of fused-ring (bicyclic) bond motifs is 1. The number of pyridine rings is 1. The molecule has 0 saturated carbocycles. The monoisotopic (exact) mass is 437 g/mol. The van der Waals surface area contributed by atoms with Crippen LogP contribution in [0.25, 0.3) is 0 Å². The van der Waals surface area contributed by atoms with Gasteiger partial charge in [-0.05, 0) is 68.1 Å². The molecule has 32 heavy (non-hydrogen) atoms. The standard InChI is InChI=1S/C26H35N3O3/c1-17-14-23(32-16-20-6-5-9-27-15-20)19(3)24-21(17)7-8-22(25(24)30)18(2)26(31)29-12-10-28(4)11-13-29/h5-6,9,14-15,18,22,25,30H,7-8,10-13,16H2,1-4H3/t18-,22+,25+/m0/s1. The van der Waals surface area contributed by atoms with E-state index in [0.717, 1.165) is 67.0 Å². The Hall–Kier alpha value is -2.44. The number of piperazine rings is 1. The average Bonchev–Trinajstić information content (AvgIpc) is 2.80. The summed E-state index contributed by atoms with van der Waals surface area (Å²) in [5.41, 5.74) is 5.29. The smallest absolute Gasteiger partial charge is 0.225 e. The number of hydrogen-bond acceptors (Lipinski definition) is 5. The van der Waals surface area contributed by atoms with Crippen LogP contribution >= 0.6 is 0 Å². The van der Waals surface area contributed by atoms with Gasteiger partial charge in [0.1, 0.15) is 12.4 Å². The van der Waals surface area contributed by atoms with Crippen molar-refractivity contribution in [1.29, 1.82) is 0 Å². The second kappa shape index (κ2) is 9.59. The summed E-state index contributed by atoms with van der Waals surface area (Å²) in [5, 5.41) is 11.5. The number of nitrogens with zero attached hydrogens (tertiary/aromatic N) is 3. The van der Waals surface area contributed by atoms with Gasteiger partial charge in [-0.3, -0.25) is 9.78 Å². The Balaban J connectivity index is 1.53. The third kappa shape index (κ3) is 4.52. The van der Waals surface area contributed by atoms with E-state index in [1.54, 1.807) is 12.4 Å². The normalized spacial score (nSPS) is 22.3. The van der Waals surface area contributed by atoms with Gasteiger partial charge in [0.25, 0.3) is 0 Å². The summed E-state index contributed by atoms with van der Waals surface area (Å²) in [6.07, 6.45) is 4.60. The first-order valence-electron chi connectivity index (χ1n) is 11.7. The first kappa shape index (κ1) is 22.7. The minimum atomic E-state index is -0.661. The second-order valence-electron chi connectivity index (χ2n) is 9.42. The molecule has 0 unspecified atom stereocenters. The van der Waals surface area contributed by atoms with Gasteiger partial charge in [-0.25, -0.2) is 0 Å². The molecule has 1 aromatic heterocycles. The predicted octanol–water partition coefficient (Wildman–Crippen LogP) is 3.28. The van der Waals surface area contributed by atoms with E-state index in [1.807, 2.05) is 30.9 Å². The van der Waals surface area contributed by atoms with Gasteiger partial charge in [0, 0.05) is 56.0 Å². The highest BCUT2D eigenvalue weighted by atomic mass is 16.5. The molecule has 1 N–H and O–H groups in total. The predicted molar refractivity (Wildman–Crippen MR) is 124 cm³/mol. The molecular weight excluding hydrogens is 402 g/mol. The zero-order valence-electron chi connectivity index (χ0n) is 19.7. The molecule has 1 aromatic carbocycles. The van der Waals surface area contributed by atoms with Gasteiger partial charge in [0.05, 0.1) is 6.10 Å². The van der Waals surface area contributed by atoms with Crippen molar-refractivity contribution in [2.45, 2.75) is 46.3 Å². The largest absolute Gasteiger partial charge is 0.489 e. The molecule has 3 atom stereocenters. The minimum Gasteiger partial charge on any atom is -0.489 e. The van der Waals surface area contributed by atoms with Crippen molar-refractivity contribution in [1.82, 2.24) is 14.8 Å². The molecule has 1 fully saturated rings. The van der Waals surface area contributed by atoms with Crippen LogP contribution in [-0.4, -0.2) is 59.0 Å². The van der Waals surface area contributed by atoms with Crippen LogP contribution < -0.4 is 4.74 Å². The molecule has 0 spiro atoms. The lowest BCUT2D eigenvalue weighted by atomic mass is 9.72. The van der Waals surface area contributed by atoms with E-state index >= 15 is 0 Å². The molecule has 0 radical (unpaired) electrons. The molecule has 1 aliphatic heterocycles. The maximum atomic E-state index is 13.2. The van der Waals surface area contributed by atoms with Gasteiger partial charge in [-0.2, -0.15) is 0 Å². The van der Waals surface area contributed by atoms with Gasteiger partial charge < -0.3 is 19.6 Å². The number of ether oxygens (including phenoxy) is 1. The Morgan fingerprint density at radius 2 is 2.03 bits per heavy atom. The van der Waals surface area contributed by atoms with Crippen LogP contribution in [0.4, 0.5) is 0 Å². The van der Waals surface area contributed by atoms with Crippen molar-refractivity contribution in [3.05, 3.63) is 58.4 Å². The van der Waals surface area contributed by atoms with Gasteiger partial charge in [-0.15, -0.1) is 0 Å². The Bertz CT molecular complexity index is 955. The first-order chi connectivity index (χ1) is 15.4. The fourth-order valence-electron chi connectivity index (χ4n) is 5.19.